The Kier molecular flexibility index (Phi) is 4.39. The lowest BCUT2D eigenvalue weighted by molar-refractivity contribution is 0.597. The van der Waals surface area contributed by atoms with Crippen molar-refractivity contribution < 1.29 is 0 Å². The Bertz CT molecular complexity index is 847. The Morgan fingerprint density at radius 2 is 1.88 bits per heavy atom. The van der Waals surface area contributed by atoms with Crippen molar-refractivity contribution in [3.63, 3.8) is 0 Å². The number of allylic oxidation sites excluding steroid dienone is 1. The predicted molar refractivity (Wildman–Crippen MR) is 109 cm³/mol. The Balaban J connectivity index is 2.02. The van der Waals surface area contributed by atoms with E-state index >= 15 is 0 Å². The van der Waals surface area contributed by atoms with Crippen LogP contribution in [0, 0.1) is 6.92 Å². The van der Waals surface area contributed by atoms with Crippen molar-refractivity contribution in [2.45, 2.75) is 33.2 Å². The summed E-state index contributed by atoms with van der Waals surface area (Å²) >= 11 is 3.49. The minimum Gasteiger partial charge on any atom is -0.365 e. The molecule has 0 radical (unpaired) electrons. The molecule has 2 aromatic carbocycles. The topological polar surface area (TPSA) is 15.6 Å². The summed E-state index contributed by atoms with van der Waals surface area (Å²) in [5, 5.41) is 0. The molecule has 2 aromatic rings. The maximum absolute atomic E-state index is 4.63. The normalized spacial score (nSPS) is 16.2. The number of halogens is 1. The molecule has 0 unspecified atom stereocenters. The van der Waals surface area contributed by atoms with Crippen LogP contribution in [0.2, 0.25) is 0 Å². The van der Waals surface area contributed by atoms with E-state index < -0.39 is 0 Å². The molecule has 24 heavy (non-hydrogen) atoms. The first-order valence-electron chi connectivity index (χ1n) is 8.16. The molecule has 0 saturated carbocycles. The van der Waals surface area contributed by atoms with Gasteiger partial charge in [0.1, 0.15) is 0 Å². The van der Waals surface area contributed by atoms with Gasteiger partial charge in [0.05, 0.1) is 11.2 Å². The van der Waals surface area contributed by atoms with E-state index in [1.165, 1.54) is 22.4 Å². The number of rotatable bonds is 2. The second-order valence-corrected chi connectivity index (χ2v) is 7.92. The van der Waals surface area contributed by atoms with Gasteiger partial charge in [-0.3, -0.25) is 4.99 Å². The van der Waals surface area contributed by atoms with Gasteiger partial charge in [-0.15, -0.1) is 0 Å². The largest absolute Gasteiger partial charge is 0.365 e. The lowest BCUT2D eigenvalue weighted by Gasteiger charge is -2.41. The third-order valence-corrected chi connectivity index (χ3v) is 5.26. The second kappa shape index (κ2) is 6.21. The maximum Gasteiger partial charge on any atom is 0.0641 e. The van der Waals surface area contributed by atoms with Crippen molar-refractivity contribution in [3.05, 3.63) is 63.6 Å². The zero-order valence-corrected chi connectivity index (χ0v) is 16.5. The van der Waals surface area contributed by atoms with E-state index in [9.17, 15) is 0 Å². The van der Waals surface area contributed by atoms with Gasteiger partial charge in [-0.1, -0.05) is 28.1 Å². The van der Waals surface area contributed by atoms with Crippen LogP contribution in [0.4, 0.5) is 11.4 Å². The lowest BCUT2D eigenvalue weighted by atomic mass is 9.87. The van der Waals surface area contributed by atoms with Gasteiger partial charge in [0.25, 0.3) is 0 Å². The SMILES string of the molecule is CC1=CC(C)(C)N(C)c2cc(C)c(C=Nc3cccc(Br)c3)cc21. The van der Waals surface area contributed by atoms with E-state index in [-0.39, 0.29) is 5.54 Å². The van der Waals surface area contributed by atoms with Crippen molar-refractivity contribution in [2.24, 2.45) is 4.99 Å². The third kappa shape index (κ3) is 3.18. The van der Waals surface area contributed by atoms with Crippen molar-refractivity contribution in [1.82, 2.24) is 0 Å². The number of fused-ring (bicyclic) bond motifs is 1. The molecule has 0 saturated heterocycles. The van der Waals surface area contributed by atoms with E-state index in [4.69, 9.17) is 0 Å². The van der Waals surface area contributed by atoms with Crippen LogP contribution in [0.1, 0.15) is 37.5 Å². The van der Waals surface area contributed by atoms with E-state index in [1.807, 2.05) is 30.5 Å². The number of hydrogen-bond acceptors (Lipinski definition) is 2. The van der Waals surface area contributed by atoms with Crippen LogP contribution in [0.3, 0.4) is 0 Å². The summed E-state index contributed by atoms with van der Waals surface area (Å²) < 4.78 is 1.04. The Labute approximate surface area is 153 Å². The fourth-order valence-corrected chi connectivity index (χ4v) is 3.54. The number of likely N-dealkylation sites (N-methyl/N-ethyl adjacent to an activating group) is 1. The highest BCUT2D eigenvalue weighted by Gasteiger charge is 2.28. The summed E-state index contributed by atoms with van der Waals surface area (Å²) in [7, 11) is 2.16. The van der Waals surface area contributed by atoms with E-state index in [0.717, 1.165) is 15.7 Å². The first-order chi connectivity index (χ1) is 11.3. The molecule has 0 atom stereocenters. The standard InChI is InChI=1S/C21H23BrN2/c1-14-9-20-19(15(2)12-21(3,4)24(20)5)10-16(14)13-23-18-8-6-7-17(22)11-18/h6-13H,1-5H3. The van der Waals surface area contributed by atoms with Crippen LogP contribution >= 0.6 is 15.9 Å². The molecule has 0 amide bonds. The molecule has 3 heteroatoms. The first kappa shape index (κ1) is 17.0. The minimum absolute atomic E-state index is 0.0371. The lowest BCUT2D eigenvalue weighted by Crippen LogP contribution is -2.42. The van der Waals surface area contributed by atoms with Crippen molar-refractivity contribution in [2.75, 3.05) is 11.9 Å². The second-order valence-electron chi connectivity index (χ2n) is 7.00. The number of anilines is 1. The molecule has 0 spiro atoms. The first-order valence-corrected chi connectivity index (χ1v) is 8.95. The molecule has 0 aromatic heterocycles. The number of aryl methyl sites for hydroxylation is 1. The smallest absolute Gasteiger partial charge is 0.0641 e. The molecular weight excluding hydrogens is 360 g/mol. The summed E-state index contributed by atoms with van der Waals surface area (Å²) in [6.45, 7) is 8.84. The molecule has 124 valence electrons. The van der Waals surface area contributed by atoms with Gasteiger partial charge < -0.3 is 4.90 Å². The van der Waals surface area contributed by atoms with Gasteiger partial charge >= 0.3 is 0 Å². The Morgan fingerprint density at radius 3 is 2.58 bits per heavy atom. The molecule has 1 aliphatic rings. The van der Waals surface area contributed by atoms with E-state index in [0.29, 0.717) is 0 Å². The summed E-state index contributed by atoms with van der Waals surface area (Å²) in [6.07, 6.45) is 4.30. The minimum atomic E-state index is 0.0371. The van der Waals surface area contributed by atoms with Gasteiger partial charge in [-0.2, -0.15) is 0 Å². The highest BCUT2D eigenvalue weighted by atomic mass is 79.9. The third-order valence-electron chi connectivity index (χ3n) is 4.77. The quantitative estimate of drug-likeness (QED) is 0.569. The van der Waals surface area contributed by atoms with Crippen molar-refractivity contribution in [3.8, 4) is 0 Å². The average Bonchev–Trinajstić information content (AvgIpc) is 2.51. The molecule has 1 aliphatic heterocycles. The van der Waals surface area contributed by atoms with E-state index in [2.05, 4.69) is 78.8 Å². The highest BCUT2D eigenvalue weighted by molar-refractivity contribution is 9.10. The molecule has 0 N–H and O–H groups in total. The Morgan fingerprint density at radius 1 is 1.12 bits per heavy atom. The van der Waals surface area contributed by atoms with Crippen molar-refractivity contribution >= 4 is 39.1 Å². The summed E-state index contributed by atoms with van der Waals surface area (Å²) in [6, 6.07) is 12.6. The van der Waals surface area contributed by atoms with E-state index in [1.54, 1.807) is 0 Å². The zero-order valence-electron chi connectivity index (χ0n) is 14.9. The van der Waals surface area contributed by atoms with Crippen LogP contribution < -0.4 is 4.90 Å². The van der Waals surface area contributed by atoms with Gasteiger partial charge in [0.15, 0.2) is 0 Å². The average molecular weight is 383 g/mol. The molecule has 2 nitrogen and oxygen atoms in total. The Hall–Kier alpha value is -1.87. The van der Waals surface area contributed by atoms with Crippen LogP contribution in [-0.4, -0.2) is 18.8 Å². The zero-order chi connectivity index (χ0) is 17.5. The van der Waals surface area contributed by atoms with Gasteiger partial charge in [0.2, 0.25) is 0 Å². The number of hydrogen-bond donors (Lipinski definition) is 0. The molecule has 0 aliphatic carbocycles. The molecule has 3 rings (SSSR count). The summed E-state index contributed by atoms with van der Waals surface area (Å²) in [5.74, 6) is 0. The summed E-state index contributed by atoms with van der Waals surface area (Å²) in [4.78, 5) is 6.98. The van der Waals surface area contributed by atoms with Gasteiger partial charge in [-0.05, 0) is 74.7 Å². The summed E-state index contributed by atoms with van der Waals surface area (Å²) in [5.41, 5.74) is 7.29. The molecule has 0 fully saturated rings. The molecular formula is C21H23BrN2. The van der Waals surface area contributed by atoms with Gasteiger partial charge in [0, 0.05) is 29.0 Å². The van der Waals surface area contributed by atoms with Crippen LogP contribution in [0.15, 0.2) is 51.9 Å². The fraction of sp³-hybridized carbons (Fsp3) is 0.286. The highest BCUT2D eigenvalue weighted by Crippen LogP contribution is 2.39. The number of aliphatic imine (C=N–C) groups is 1. The molecule has 1 heterocycles. The monoisotopic (exact) mass is 382 g/mol. The van der Waals surface area contributed by atoms with Crippen LogP contribution in [-0.2, 0) is 0 Å². The maximum atomic E-state index is 4.63. The van der Waals surface area contributed by atoms with Crippen LogP contribution in [0.25, 0.3) is 5.57 Å². The molecule has 0 bridgehead atoms. The van der Waals surface area contributed by atoms with Gasteiger partial charge in [-0.25, -0.2) is 0 Å². The van der Waals surface area contributed by atoms with Crippen molar-refractivity contribution in [1.29, 1.82) is 0 Å². The number of benzene rings is 2. The number of nitrogens with zero attached hydrogens (tertiary/aromatic N) is 2. The van der Waals surface area contributed by atoms with Crippen LogP contribution in [0.5, 0.6) is 0 Å². The fourth-order valence-electron chi connectivity index (χ4n) is 3.16. The predicted octanol–water partition coefficient (Wildman–Crippen LogP) is 6.14.